The molecule has 2 heterocycles. The SMILES string of the molecule is N=C(N)c1ncccc1Cn1ncc2ccccc21. The number of hydrogen-bond acceptors (Lipinski definition) is 3. The van der Waals surface area contributed by atoms with Gasteiger partial charge in [0.05, 0.1) is 18.3 Å². The van der Waals surface area contributed by atoms with Crippen molar-refractivity contribution in [1.82, 2.24) is 14.8 Å². The number of hydrogen-bond donors (Lipinski definition) is 2. The Hall–Kier alpha value is -2.69. The lowest BCUT2D eigenvalue weighted by Gasteiger charge is -2.08. The molecule has 1 aromatic carbocycles. The number of para-hydroxylation sites is 1. The molecule has 3 aromatic rings. The summed E-state index contributed by atoms with van der Waals surface area (Å²) in [6.07, 6.45) is 3.47. The van der Waals surface area contributed by atoms with Gasteiger partial charge in [0, 0.05) is 17.1 Å². The van der Waals surface area contributed by atoms with Crippen LogP contribution in [0.4, 0.5) is 0 Å². The first-order valence-corrected chi connectivity index (χ1v) is 5.94. The van der Waals surface area contributed by atoms with Crippen LogP contribution in [0.2, 0.25) is 0 Å². The van der Waals surface area contributed by atoms with Crippen LogP contribution in [0.25, 0.3) is 10.9 Å². The molecular weight excluding hydrogens is 238 g/mol. The largest absolute Gasteiger partial charge is 0.382 e. The number of amidine groups is 1. The Morgan fingerprint density at radius 1 is 1.21 bits per heavy atom. The van der Waals surface area contributed by atoms with Crippen molar-refractivity contribution in [2.45, 2.75) is 6.54 Å². The quantitative estimate of drug-likeness (QED) is 0.550. The molecule has 0 bridgehead atoms. The summed E-state index contributed by atoms with van der Waals surface area (Å²) < 4.78 is 1.89. The Morgan fingerprint density at radius 3 is 2.89 bits per heavy atom. The molecule has 0 unspecified atom stereocenters. The van der Waals surface area contributed by atoms with Gasteiger partial charge < -0.3 is 5.73 Å². The van der Waals surface area contributed by atoms with Gasteiger partial charge in [0.25, 0.3) is 0 Å². The third-order valence-electron chi connectivity index (χ3n) is 3.02. The monoisotopic (exact) mass is 251 g/mol. The lowest BCUT2D eigenvalue weighted by Crippen LogP contribution is -2.17. The average molecular weight is 251 g/mol. The fourth-order valence-corrected chi connectivity index (χ4v) is 2.12. The van der Waals surface area contributed by atoms with Crippen molar-refractivity contribution in [3.05, 3.63) is 60.0 Å². The van der Waals surface area contributed by atoms with Crippen molar-refractivity contribution >= 4 is 16.7 Å². The molecule has 3 N–H and O–H groups in total. The third kappa shape index (κ3) is 2.06. The van der Waals surface area contributed by atoms with Crippen LogP contribution in [0.3, 0.4) is 0 Å². The van der Waals surface area contributed by atoms with E-state index in [0.29, 0.717) is 12.2 Å². The molecule has 0 saturated carbocycles. The van der Waals surface area contributed by atoms with Crippen molar-refractivity contribution < 1.29 is 0 Å². The van der Waals surface area contributed by atoms with E-state index in [0.717, 1.165) is 16.5 Å². The minimum atomic E-state index is -0.0212. The average Bonchev–Trinajstić information content (AvgIpc) is 2.83. The summed E-state index contributed by atoms with van der Waals surface area (Å²) >= 11 is 0. The van der Waals surface area contributed by atoms with E-state index < -0.39 is 0 Å². The number of aromatic nitrogens is 3. The molecule has 0 aliphatic carbocycles. The van der Waals surface area contributed by atoms with Crippen LogP contribution in [-0.4, -0.2) is 20.6 Å². The number of nitrogens with two attached hydrogens (primary N) is 1. The van der Waals surface area contributed by atoms with Gasteiger partial charge in [-0.1, -0.05) is 24.3 Å². The number of pyridine rings is 1. The highest BCUT2D eigenvalue weighted by Gasteiger charge is 2.09. The summed E-state index contributed by atoms with van der Waals surface area (Å²) in [4.78, 5) is 4.15. The van der Waals surface area contributed by atoms with Gasteiger partial charge in [0.15, 0.2) is 0 Å². The van der Waals surface area contributed by atoms with Gasteiger partial charge in [-0.05, 0) is 12.1 Å². The standard InChI is InChI=1S/C14H13N5/c15-14(16)13-11(5-3-7-17-13)9-19-12-6-2-1-4-10(12)8-18-19/h1-8H,9H2,(H3,15,16). The molecule has 0 spiro atoms. The van der Waals surface area contributed by atoms with Gasteiger partial charge in [-0.25, -0.2) is 0 Å². The van der Waals surface area contributed by atoms with Crippen molar-refractivity contribution in [2.75, 3.05) is 0 Å². The molecule has 94 valence electrons. The summed E-state index contributed by atoms with van der Waals surface area (Å²) in [5.74, 6) is -0.0212. The Balaban J connectivity index is 2.04. The maximum Gasteiger partial charge on any atom is 0.142 e. The smallest absolute Gasteiger partial charge is 0.142 e. The van der Waals surface area contributed by atoms with E-state index in [4.69, 9.17) is 11.1 Å². The van der Waals surface area contributed by atoms with Crippen LogP contribution in [0.1, 0.15) is 11.3 Å². The van der Waals surface area contributed by atoms with Gasteiger partial charge in [0.2, 0.25) is 0 Å². The molecule has 0 amide bonds. The summed E-state index contributed by atoms with van der Waals surface area (Å²) in [5, 5.41) is 13.0. The van der Waals surface area contributed by atoms with Crippen LogP contribution in [-0.2, 0) is 6.54 Å². The van der Waals surface area contributed by atoms with E-state index in [9.17, 15) is 0 Å². The fourth-order valence-electron chi connectivity index (χ4n) is 2.12. The first-order valence-electron chi connectivity index (χ1n) is 5.94. The molecular formula is C14H13N5. The minimum Gasteiger partial charge on any atom is -0.382 e. The highest BCUT2D eigenvalue weighted by atomic mass is 15.3. The van der Waals surface area contributed by atoms with Crippen molar-refractivity contribution in [3.8, 4) is 0 Å². The maximum absolute atomic E-state index is 7.55. The molecule has 5 heteroatoms. The normalized spacial score (nSPS) is 10.7. The number of benzene rings is 1. The molecule has 0 saturated heterocycles. The first-order chi connectivity index (χ1) is 9.25. The second-order valence-corrected chi connectivity index (χ2v) is 4.29. The highest BCUT2D eigenvalue weighted by Crippen LogP contribution is 2.15. The van der Waals surface area contributed by atoms with Crippen LogP contribution in [0, 0.1) is 5.41 Å². The van der Waals surface area contributed by atoms with Crippen LogP contribution < -0.4 is 5.73 Å². The molecule has 0 fully saturated rings. The van der Waals surface area contributed by atoms with E-state index in [1.807, 2.05) is 47.3 Å². The number of nitrogen functional groups attached to an aromatic ring is 1. The summed E-state index contributed by atoms with van der Waals surface area (Å²) in [7, 11) is 0. The van der Waals surface area contributed by atoms with E-state index in [1.165, 1.54) is 0 Å². The molecule has 2 aromatic heterocycles. The minimum absolute atomic E-state index is 0.0212. The zero-order valence-corrected chi connectivity index (χ0v) is 10.2. The number of nitrogens with one attached hydrogen (secondary N) is 1. The third-order valence-corrected chi connectivity index (χ3v) is 3.02. The molecule has 0 aliphatic rings. The summed E-state index contributed by atoms with van der Waals surface area (Å²) in [5.41, 5.74) is 8.01. The number of rotatable bonds is 3. The lowest BCUT2D eigenvalue weighted by molar-refractivity contribution is 0.708. The lowest BCUT2D eigenvalue weighted by atomic mass is 10.1. The van der Waals surface area contributed by atoms with Crippen molar-refractivity contribution in [3.63, 3.8) is 0 Å². The Morgan fingerprint density at radius 2 is 2.05 bits per heavy atom. The Labute approximate surface area is 110 Å². The van der Waals surface area contributed by atoms with Gasteiger partial charge >= 0.3 is 0 Å². The Bertz CT molecular complexity index is 744. The van der Waals surface area contributed by atoms with Gasteiger partial charge in [-0.3, -0.25) is 15.1 Å². The number of nitrogens with zero attached hydrogens (tertiary/aromatic N) is 3. The Kier molecular flexibility index (Phi) is 2.72. The summed E-state index contributed by atoms with van der Waals surface area (Å²) in [6.45, 7) is 0.552. The van der Waals surface area contributed by atoms with E-state index >= 15 is 0 Å². The molecule has 0 aliphatic heterocycles. The van der Waals surface area contributed by atoms with Gasteiger partial charge in [-0.15, -0.1) is 0 Å². The van der Waals surface area contributed by atoms with Gasteiger partial charge in [-0.2, -0.15) is 5.10 Å². The topological polar surface area (TPSA) is 80.6 Å². The molecule has 19 heavy (non-hydrogen) atoms. The predicted octanol–water partition coefficient (Wildman–Crippen LogP) is 1.76. The second-order valence-electron chi connectivity index (χ2n) is 4.29. The predicted molar refractivity (Wildman–Crippen MR) is 74.1 cm³/mol. The fraction of sp³-hybridized carbons (Fsp3) is 0.0714. The first kappa shape index (κ1) is 11.4. The highest BCUT2D eigenvalue weighted by molar-refractivity contribution is 5.94. The molecule has 5 nitrogen and oxygen atoms in total. The zero-order chi connectivity index (χ0) is 13.2. The summed E-state index contributed by atoms with van der Waals surface area (Å²) in [6, 6.07) is 11.8. The van der Waals surface area contributed by atoms with Crippen molar-refractivity contribution in [1.29, 1.82) is 5.41 Å². The van der Waals surface area contributed by atoms with E-state index in [-0.39, 0.29) is 5.84 Å². The van der Waals surface area contributed by atoms with Gasteiger partial charge in [0.1, 0.15) is 11.5 Å². The zero-order valence-electron chi connectivity index (χ0n) is 10.2. The second kappa shape index (κ2) is 4.53. The van der Waals surface area contributed by atoms with Crippen LogP contribution in [0.5, 0.6) is 0 Å². The van der Waals surface area contributed by atoms with Crippen LogP contribution in [0.15, 0.2) is 48.8 Å². The van der Waals surface area contributed by atoms with E-state index in [2.05, 4.69) is 10.1 Å². The van der Waals surface area contributed by atoms with E-state index in [1.54, 1.807) is 6.20 Å². The maximum atomic E-state index is 7.55. The van der Waals surface area contributed by atoms with Crippen molar-refractivity contribution in [2.24, 2.45) is 5.73 Å². The number of fused-ring (bicyclic) bond motifs is 1. The molecule has 3 rings (SSSR count). The molecule has 0 atom stereocenters. The van der Waals surface area contributed by atoms with Crippen LogP contribution >= 0.6 is 0 Å². The molecule has 0 radical (unpaired) electrons.